The molecule has 0 bridgehead atoms. The van der Waals surface area contributed by atoms with E-state index < -0.39 is 5.91 Å². The van der Waals surface area contributed by atoms with E-state index in [4.69, 9.17) is 9.47 Å². The van der Waals surface area contributed by atoms with Crippen LogP contribution < -0.4 is 14.8 Å². The molecule has 0 aliphatic rings. The molecule has 0 saturated carbocycles. The number of nitrogens with one attached hydrogen (secondary N) is 1. The number of ether oxygens (including phenoxy) is 2. The molecule has 10 heteroatoms. The molecule has 1 N–H and O–H groups in total. The summed E-state index contributed by atoms with van der Waals surface area (Å²) in [6.45, 7) is 1.71. The topological polar surface area (TPSA) is 91.2 Å². The number of anilines is 1. The van der Waals surface area contributed by atoms with E-state index in [1.165, 1.54) is 28.2 Å². The van der Waals surface area contributed by atoms with E-state index in [-0.39, 0.29) is 11.6 Å². The average Bonchev–Trinajstić information content (AvgIpc) is 3.40. The van der Waals surface area contributed by atoms with Crippen LogP contribution in [0.1, 0.15) is 16.4 Å². The largest absolute Gasteiger partial charge is 0.497 e. The molecular formula is C21H18FN5O3S. The van der Waals surface area contributed by atoms with Crippen molar-refractivity contribution in [3.8, 4) is 28.4 Å². The fourth-order valence-corrected chi connectivity index (χ4v) is 3.64. The first-order valence-corrected chi connectivity index (χ1v) is 10.1. The van der Waals surface area contributed by atoms with E-state index in [0.717, 1.165) is 5.56 Å². The molecule has 0 aliphatic heterocycles. The molecule has 2 aromatic carbocycles. The molecule has 0 unspecified atom stereocenters. The van der Waals surface area contributed by atoms with Crippen LogP contribution in [0.3, 0.4) is 0 Å². The Morgan fingerprint density at radius 1 is 1.10 bits per heavy atom. The lowest BCUT2D eigenvalue weighted by atomic mass is 10.1. The van der Waals surface area contributed by atoms with Crippen molar-refractivity contribution >= 4 is 22.4 Å². The summed E-state index contributed by atoms with van der Waals surface area (Å²) < 4.78 is 25.3. The third kappa shape index (κ3) is 4.24. The molecule has 0 saturated heterocycles. The lowest BCUT2D eigenvalue weighted by molar-refractivity contribution is 0.101. The van der Waals surface area contributed by atoms with Gasteiger partial charge in [0.05, 0.1) is 25.6 Å². The minimum Gasteiger partial charge on any atom is -0.497 e. The van der Waals surface area contributed by atoms with Crippen molar-refractivity contribution in [3.63, 3.8) is 0 Å². The second-order valence-electron chi connectivity index (χ2n) is 6.43. The number of rotatable bonds is 6. The number of benzene rings is 2. The van der Waals surface area contributed by atoms with Gasteiger partial charge < -0.3 is 9.47 Å². The molecule has 31 heavy (non-hydrogen) atoms. The Bertz CT molecular complexity index is 1240. The quantitative estimate of drug-likeness (QED) is 0.486. The Morgan fingerprint density at radius 2 is 1.87 bits per heavy atom. The van der Waals surface area contributed by atoms with E-state index in [9.17, 15) is 9.18 Å². The fourth-order valence-electron chi connectivity index (χ4n) is 2.93. The SMILES string of the molecule is COc1ccc(-c2csc(NC(=O)c3nc(C)n(-c4ccc(F)cc4)n3)n2)c(OC)c1. The Morgan fingerprint density at radius 3 is 2.58 bits per heavy atom. The van der Waals surface area contributed by atoms with Crippen molar-refractivity contribution in [3.05, 3.63) is 65.3 Å². The summed E-state index contributed by atoms with van der Waals surface area (Å²) in [6, 6.07) is 11.2. The van der Waals surface area contributed by atoms with E-state index >= 15 is 0 Å². The number of aryl methyl sites for hydroxylation is 1. The summed E-state index contributed by atoms with van der Waals surface area (Å²) in [5, 5.41) is 9.16. The molecule has 2 aromatic heterocycles. The van der Waals surface area contributed by atoms with Gasteiger partial charge in [0.1, 0.15) is 23.1 Å². The number of amides is 1. The maximum Gasteiger partial charge on any atom is 0.297 e. The molecule has 8 nitrogen and oxygen atoms in total. The molecule has 0 atom stereocenters. The monoisotopic (exact) mass is 439 g/mol. The zero-order chi connectivity index (χ0) is 22.0. The van der Waals surface area contributed by atoms with Gasteiger partial charge in [-0.2, -0.15) is 0 Å². The highest BCUT2D eigenvalue weighted by molar-refractivity contribution is 7.14. The standard InChI is InChI=1S/C21H18FN5O3S/c1-12-23-19(26-27(12)14-6-4-13(22)5-7-14)20(28)25-21-24-17(11-31-21)16-9-8-15(29-2)10-18(16)30-3/h4-11H,1-3H3,(H,24,25,28). The Balaban J connectivity index is 1.54. The molecular weight excluding hydrogens is 421 g/mol. The zero-order valence-electron chi connectivity index (χ0n) is 16.9. The molecule has 0 radical (unpaired) electrons. The molecule has 2 heterocycles. The summed E-state index contributed by atoms with van der Waals surface area (Å²) in [4.78, 5) is 21.3. The maximum absolute atomic E-state index is 13.2. The van der Waals surface area contributed by atoms with Gasteiger partial charge in [-0.3, -0.25) is 10.1 Å². The molecule has 4 rings (SSSR count). The van der Waals surface area contributed by atoms with Crippen LogP contribution in [0.15, 0.2) is 47.8 Å². The van der Waals surface area contributed by atoms with E-state index in [1.54, 1.807) is 39.3 Å². The average molecular weight is 439 g/mol. The predicted molar refractivity (Wildman–Crippen MR) is 115 cm³/mol. The number of hydrogen-bond acceptors (Lipinski definition) is 7. The van der Waals surface area contributed by atoms with Crippen LogP contribution in [0.4, 0.5) is 9.52 Å². The van der Waals surface area contributed by atoms with Gasteiger partial charge in [0.15, 0.2) is 5.13 Å². The number of thiazole rings is 1. The van der Waals surface area contributed by atoms with Crippen molar-refractivity contribution in [1.82, 2.24) is 19.7 Å². The Hall–Kier alpha value is -3.79. The number of nitrogens with zero attached hydrogens (tertiary/aromatic N) is 4. The summed E-state index contributed by atoms with van der Waals surface area (Å²) in [5.41, 5.74) is 2.03. The van der Waals surface area contributed by atoms with E-state index in [1.807, 2.05) is 17.5 Å². The lowest BCUT2D eigenvalue weighted by Crippen LogP contribution is -2.14. The minimum absolute atomic E-state index is 0.0133. The normalized spacial score (nSPS) is 10.7. The summed E-state index contributed by atoms with van der Waals surface area (Å²) >= 11 is 1.27. The molecule has 0 spiro atoms. The second-order valence-corrected chi connectivity index (χ2v) is 7.29. The van der Waals surface area contributed by atoms with Gasteiger partial charge >= 0.3 is 0 Å². The number of carbonyl (C=O) groups is 1. The molecule has 0 fully saturated rings. The van der Waals surface area contributed by atoms with Gasteiger partial charge in [-0.25, -0.2) is 19.0 Å². The molecule has 1 amide bonds. The Labute approximate surface area is 181 Å². The first-order valence-electron chi connectivity index (χ1n) is 9.17. The number of hydrogen-bond donors (Lipinski definition) is 1. The minimum atomic E-state index is -0.494. The van der Waals surface area contributed by atoms with E-state index in [0.29, 0.717) is 33.8 Å². The van der Waals surface area contributed by atoms with Gasteiger partial charge in [0.2, 0.25) is 5.82 Å². The van der Waals surface area contributed by atoms with E-state index in [2.05, 4.69) is 20.4 Å². The van der Waals surface area contributed by atoms with Crippen LogP contribution in [-0.4, -0.2) is 39.9 Å². The number of carbonyl (C=O) groups excluding carboxylic acids is 1. The summed E-state index contributed by atoms with van der Waals surface area (Å²) in [6.07, 6.45) is 0. The third-order valence-corrected chi connectivity index (χ3v) is 5.21. The highest BCUT2D eigenvalue weighted by Crippen LogP contribution is 2.34. The zero-order valence-corrected chi connectivity index (χ0v) is 17.7. The van der Waals surface area contributed by atoms with Gasteiger partial charge in [-0.15, -0.1) is 16.4 Å². The number of methoxy groups -OCH3 is 2. The molecule has 0 aliphatic carbocycles. The maximum atomic E-state index is 13.2. The highest BCUT2D eigenvalue weighted by Gasteiger charge is 2.18. The van der Waals surface area contributed by atoms with Gasteiger partial charge in [0.25, 0.3) is 5.91 Å². The van der Waals surface area contributed by atoms with Crippen LogP contribution in [0, 0.1) is 12.7 Å². The lowest BCUT2D eigenvalue weighted by Gasteiger charge is -2.08. The van der Waals surface area contributed by atoms with Gasteiger partial charge in [-0.1, -0.05) is 0 Å². The van der Waals surface area contributed by atoms with Crippen LogP contribution in [-0.2, 0) is 0 Å². The van der Waals surface area contributed by atoms with Crippen molar-refractivity contribution in [2.75, 3.05) is 19.5 Å². The van der Waals surface area contributed by atoms with Crippen molar-refractivity contribution in [2.24, 2.45) is 0 Å². The second kappa shape index (κ2) is 8.52. The van der Waals surface area contributed by atoms with Crippen LogP contribution >= 0.6 is 11.3 Å². The summed E-state index contributed by atoms with van der Waals surface area (Å²) in [5.74, 6) is 0.916. The highest BCUT2D eigenvalue weighted by atomic mass is 32.1. The van der Waals surface area contributed by atoms with Crippen molar-refractivity contribution in [1.29, 1.82) is 0 Å². The van der Waals surface area contributed by atoms with Crippen LogP contribution in [0.2, 0.25) is 0 Å². The van der Waals surface area contributed by atoms with Crippen molar-refractivity contribution < 1.29 is 18.7 Å². The van der Waals surface area contributed by atoms with Crippen molar-refractivity contribution in [2.45, 2.75) is 6.92 Å². The molecule has 158 valence electrons. The molecule has 4 aromatic rings. The number of aromatic nitrogens is 4. The predicted octanol–water partition coefficient (Wildman–Crippen LogP) is 4.11. The first kappa shape index (κ1) is 20.5. The van der Waals surface area contributed by atoms with Gasteiger partial charge in [0, 0.05) is 17.0 Å². The first-order chi connectivity index (χ1) is 15.0. The number of halogens is 1. The van der Waals surface area contributed by atoms with Crippen LogP contribution in [0.5, 0.6) is 11.5 Å². The smallest absolute Gasteiger partial charge is 0.297 e. The fraction of sp³-hybridized carbons (Fsp3) is 0.143. The van der Waals surface area contributed by atoms with Crippen LogP contribution in [0.25, 0.3) is 16.9 Å². The van der Waals surface area contributed by atoms with Gasteiger partial charge in [-0.05, 0) is 43.3 Å². The third-order valence-electron chi connectivity index (χ3n) is 4.45. The summed E-state index contributed by atoms with van der Waals surface area (Å²) in [7, 11) is 3.15. The Kier molecular flexibility index (Phi) is 5.63.